The number of hydrogen-bond acceptors (Lipinski definition) is 4. The van der Waals surface area contributed by atoms with Crippen LogP contribution in [0.3, 0.4) is 0 Å². The summed E-state index contributed by atoms with van der Waals surface area (Å²) in [5.74, 6) is 0.901. The van der Waals surface area contributed by atoms with E-state index in [-0.39, 0.29) is 12.4 Å². The number of fused-ring (bicyclic) bond motifs is 1. The summed E-state index contributed by atoms with van der Waals surface area (Å²) in [6.07, 6.45) is 0. The number of rotatable bonds is 4. The highest BCUT2D eigenvalue weighted by Crippen LogP contribution is 2.40. The number of imidazole rings is 1. The first-order valence-electron chi connectivity index (χ1n) is 10.3. The van der Waals surface area contributed by atoms with Crippen LogP contribution in [0.4, 0.5) is 11.5 Å². The third-order valence-electron chi connectivity index (χ3n) is 5.54. The van der Waals surface area contributed by atoms with E-state index in [4.69, 9.17) is 45.5 Å². The van der Waals surface area contributed by atoms with Crippen LogP contribution in [0.1, 0.15) is 11.3 Å². The topological polar surface area (TPSA) is 68.5 Å². The Morgan fingerprint density at radius 1 is 0.882 bits per heavy atom. The van der Waals surface area contributed by atoms with Crippen LogP contribution in [0.5, 0.6) is 0 Å². The van der Waals surface area contributed by atoms with Crippen LogP contribution in [0.15, 0.2) is 89.2 Å². The van der Waals surface area contributed by atoms with Crippen LogP contribution in [0.25, 0.3) is 11.4 Å². The van der Waals surface area contributed by atoms with Crippen molar-refractivity contribution in [1.29, 1.82) is 0 Å². The molecule has 34 heavy (non-hydrogen) atoms. The van der Waals surface area contributed by atoms with Gasteiger partial charge < -0.3 is 5.73 Å². The number of nitrogens with two attached hydrogens (primary N) is 1. The lowest BCUT2D eigenvalue weighted by Gasteiger charge is -2.32. The van der Waals surface area contributed by atoms with Gasteiger partial charge in [0, 0.05) is 21.3 Å². The van der Waals surface area contributed by atoms with Gasteiger partial charge in [-0.2, -0.15) is 0 Å². The van der Waals surface area contributed by atoms with Crippen LogP contribution in [-0.2, 0) is 6.67 Å². The van der Waals surface area contributed by atoms with Crippen molar-refractivity contribution < 1.29 is 0 Å². The Morgan fingerprint density at radius 2 is 1.56 bits per heavy atom. The minimum atomic E-state index is -0.317. The molecule has 5 rings (SSSR count). The molecule has 0 saturated heterocycles. The second kappa shape index (κ2) is 8.81. The Labute approximate surface area is 210 Å². The zero-order valence-corrected chi connectivity index (χ0v) is 20.0. The molecule has 0 aliphatic carbocycles. The first-order valence-corrected chi connectivity index (χ1v) is 11.4. The third-order valence-corrected chi connectivity index (χ3v) is 6.34. The highest BCUT2D eigenvalue weighted by Gasteiger charge is 2.33. The zero-order chi connectivity index (χ0) is 24.0. The lowest BCUT2D eigenvalue weighted by molar-refractivity contribution is 0.682. The molecule has 1 aliphatic rings. The quantitative estimate of drug-likeness (QED) is 0.361. The van der Waals surface area contributed by atoms with Crippen molar-refractivity contribution in [1.82, 2.24) is 9.13 Å². The van der Waals surface area contributed by atoms with Gasteiger partial charge in [0.2, 0.25) is 0 Å². The molecule has 0 spiro atoms. The molecule has 4 aromatic rings. The van der Waals surface area contributed by atoms with Gasteiger partial charge in [0.25, 0.3) is 0 Å². The van der Waals surface area contributed by atoms with Crippen LogP contribution < -0.4 is 16.3 Å². The van der Waals surface area contributed by atoms with E-state index >= 15 is 0 Å². The van der Waals surface area contributed by atoms with Gasteiger partial charge in [-0.25, -0.2) is 14.4 Å². The number of anilines is 1. The maximum absolute atomic E-state index is 13.4. The molecule has 1 aliphatic heterocycles. The Kier molecular flexibility index (Phi) is 5.83. The summed E-state index contributed by atoms with van der Waals surface area (Å²) in [5.41, 5.74) is 8.75. The summed E-state index contributed by atoms with van der Waals surface area (Å²) in [6, 6.07) is 21.7. The maximum Gasteiger partial charge on any atom is 0.336 e. The standard InChI is InChI=1S/C25H18Cl3N5O/c1-15-22-24(33(25(34)31(22)14-29)18-5-3-2-4-6-18)30-23(20-12-9-17(27)13-21(20)28)32(15)19-10-7-16(26)8-11-19/h2-13H,1,14,29H2. The van der Waals surface area contributed by atoms with E-state index in [0.29, 0.717) is 49.4 Å². The van der Waals surface area contributed by atoms with Gasteiger partial charge in [-0.1, -0.05) is 59.6 Å². The molecule has 0 atom stereocenters. The van der Waals surface area contributed by atoms with Crippen molar-refractivity contribution >= 4 is 57.8 Å². The van der Waals surface area contributed by atoms with Crippen molar-refractivity contribution in [3.63, 3.8) is 0 Å². The molecule has 2 N–H and O–H groups in total. The molecule has 0 amide bonds. The Balaban J connectivity index is 1.85. The molecule has 3 aromatic carbocycles. The molecule has 170 valence electrons. The second-order valence-corrected chi connectivity index (χ2v) is 8.83. The van der Waals surface area contributed by atoms with Crippen LogP contribution in [0.2, 0.25) is 15.1 Å². The van der Waals surface area contributed by atoms with E-state index in [1.165, 1.54) is 9.13 Å². The number of aromatic nitrogens is 2. The molecule has 6 nitrogen and oxygen atoms in total. The molecule has 0 saturated carbocycles. The van der Waals surface area contributed by atoms with Gasteiger partial charge in [0.1, 0.15) is 11.5 Å². The first kappa shape index (κ1) is 22.5. The summed E-state index contributed by atoms with van der Waals surface area (Å²) in [5, 5.41) is 1.50. The molecular weight excluding hydrogens is 493 g/mol. The van der Waals surface area contributed by atoms with Crippen molar-refractivity contribution in [2.75, 3.05) is 4.90 Å². The molecule has 0 bridgehead atoms. The highest BCUT2D eigenvalue weighted by molar-refractivity contribution is 6.38. The zero-order valence-electron chi connectivity index (χ0n) is 17.8. The fraction of sp³-hybridized carbons (Fsp3) is 0.0400. The average molecular weight is 511 g/mol. The summed E-state index contributed by atoms with van der Waals surface area (Å²) < 4.78 is 2.98. The van der Waals surface area contributed by atoms with Gasteiger partial charge in [-0.05, 0) is 54.6 Å². The fourth-order valence-corrected chi connectivity index (χ4v) is 4.62. The molecule has 0 unspecified atom stereocenters. The number of benzene rings is 3. The van der Waals surface area contributed by atoms with Crippen LogP contribution >= 0.6 is 34.8 Å². The van der Waals surface area contributed by atoms with Crippen molar-refractivity contribution in [3.05, 3.63) is 116 Å². The van der Waals surface area contributed by atoms with E-state index in [2.05, 4.69) is 6.58 Å². The van der Waals surface area contributed by atoms with Crippen molar-refractivity contribution in [2.24, 2.45) is 10.7 Å². The summed E-state index contributed by atoms with van der Waals surface area (Å²) in [6.45, 7) is 4.29. The minimum Gasteiger partial charge on any atom is -0.313 e. The Morgan fingerprint density at radius 3 is 2.21 bits per heavy atom. The second-order valence-electron chi connectivity index (χ2n) is 7.55. The number of halogens is 3. The maximum atomic E-state index is 13.4. The van der Waals surface area contributed by atoms with E-state index in [1.54, 1.807) is 30.3 Å². The van der Waals surface area contributed by atoms with E-state index < -0.39 is 0 Å². The lowest BCUT2D eigenvalue weighted by Crippen LogP contribution is -2.34. The van der Waals surface area contributed by atoms with Gasteiger partial charge in [0.05, 0.1) is 23.1 Å². The fourth-order valence-electron chi connectivity index (χ4n) is 4.00. The Hall–Kier alpha value is -3.29. The van der Waals surface area contributed by atoms with Gasteiger partial charge >= 0.3 is 5.69 Å². The van der Waals surface area contributed by atoms with Crippen LogP contribution in [0, 0.1) is 0 Å². The van der Waals surface area contributed by atoms with E-state index in [1.807, 2.05) is 47.4 Å². The number of amidine groups is 1. The average Bonchev–Trinajstić information content (AvgIpc) is 3.11. The highest BCUT2D eigenvalue weighted by atomic mass is 35.5. The van der Waals surface area contributed by atoms with Gasteiger partial charge in [-0.15, -0.1) is 0 Å². The predicted molar refractivity (Wildman–Crippen MR) is 140 cm³/mol. The minimum absolute atomic E-state index is 0.0406. The van der Waals surface area contributed by atoms with Crippen molar-refractivity contribution in [3.8, 4) is 5.69 Å². The smallest absolute Gasteiger partial charge is 0.313 e. The van der Waals surface area contributed by atoms with Gasteiger partial charge in [0.15, 0.2) is 5.82 Å². The van der Waals surface area contributed by atoms with E-state index in [9.17, 15) is 4.79 Å². The molecule has 2 heterocycles. The number of para-hydroxylation sites is 1. The van der Waals surface area contributed by atoms with Crippen molar-refractivity contribution in [2.45, 2.75) is 6.67 Å². The number of aliphatic imine (C=N–C) groups is 1. The lowest BCUT2D eigenvalue weighted by atomic mass is 10.1. The normalized spacial score (nSPS) is 13.1. The summed E-state index contributed by atoms with van der Waals surface area (Å²) in [7, 11) is 0. The molecule has 1 aromatic heterocycles. The third kappa shape index (κ3) is 3.65. The predicted octanol–water partition coefficient (Wildman–Crippen LogP) is 6.08. The molecule has 9 heteroatoms. The summed E-state index contributed by atoms with van der Waals surface area (Å²) in [4.78, 5) is 20.2. The first-order chi connectivity index (χ1) is 16.4. The molecular formula is C25H18Cl3N5O. The SMILES string of the molecule is C=C1c2c(n(-c3ccccc3)c(=O)n2CN)N=C(c2ccc(Cl)cc2Cl)N1c1ccc(Cl)cc1. The largest absolute Gasteiger partial charge is 0.336 e. The monoisotopic (exact) mass is 509 g/mol. The number of hydrogen-bond donors (Lipinski definition) is 1. The number of nitrogens with zero attached hydrogens (tertiary/aromatic N) is 4. The molecule has 0 radical (unpaired) electrons. The Bertz CT molecular complexity index is 1500. The molecule has 0 fully saturated rings. The van der Waals surface area contributed by atoms with Crippen LogP contribution in [-0.4, -0.2) is 15.0 Å². The van der Waals surface area contributed by atoms with E-state index in [0.717, 1.165) is 5.69 Å². The van der Waals surface area contributed by atoms with Gasteiger partial charge in [-0.3, -0.25) is 9.47 Å². The summed E-state index contributed by atoms with van der Waals surface area (Å²) >= 11 is 18.9.